The second-order valence-electron chi connectivity index (χ2n) is 17.3. The van der Waals surface area contributed by atoms with Gasteiger partial charge in [-0.25, -0.2) is 28.1 Å². The molecule has 3 atom stereocenters. The van der Waals surface area contributed by atoms with Gasteiger partial charge in [0.1, 0.15) is 17.2 Å². The molecule has 0 saturated heterocycles. The average molecular weight is 700 g/mol. The van der Waals surface area contributed by atoms with Crippen LogP contribution in [0.25, 0.3) is 0 Å². The molecule has 0 aliphatic rings. The Hall–Kier alpha value is -4.53. The molecule has 0 aliphatic heterocycles. The van der Waals surface area contributed by atoms with Crippen LogP contribution >= 0.6 is 0 Å². The second kappa shape index (κ2) is 13.2. The van der Waals surface area contributed by atoms with Crippen molar-refractivity contribution in [3.8, 4) is 17.2 Å². The summed E-state index contributed by atoms with van der Waals surface area (Å²) in [6, 6.07) is 8.26. The van der Waals surface area contributed by atoms with Crippen molar-refractivity contribution in [2.75, 3.05) is 0 Å². The highest BCUT2D eigenvalue weighted by molar-refractivity contribution is 5.51. The number of aromatic hydroxyl groups is 3. The van der Waals surface area contributed by atoms with E-state index in [0.717, 1.165) is 30.4 Å². The Morgan fingerprint density at radius 2 is 0.627 bits per heavy atom. The van der Waals surface area contributed by atoms with E-state index in [1.165, 1.54) is 0 Å². The lowest BCUT2D eigenvalue weighted by Gasteiger charge is -2.28. The van der Waals surface area contributed by atoms with Crippen molar-refractivity contribution in [2.24, 2.45) is 0 Å². The molecule has 276 valence electrons. The smallest absolute Gasteiger partial charge is 0.337 e. The molecule has 9 heteroatoms. The van der Waals surface area contributed by atoms with Crippen molar-refractivity contribution in [3.63, 3.8) is 0 Å². The normalized spacial score (nSPS) is 14.4. The van der Waals surface area contributed by atoms with E-state index in [1.807, 2.05) is 98.7 Å². The lowest BCUT2D eigenvalue weighted by molar-refractivity contribution is 0.394. The zero-order valence-corrected chi connectivity index (χ0v) is 33.1. The second-order valence-corrected chi connectivity index (χ2v) is 17.3. The van der Waals surface area contributed by atoms with Gasteiger partial charge < -0.3 is 15.3 Å². The summed E-state index contributed by atoms with van der Waals surface area (Å²) in [5.41, 5.74) is 1.98. The van der Waals surface area contributed by atoms with Crippen LogP contribution in [0.3, 0.4) is 0 Å². The summed E-state index contributed by atoms with van der Waals surface area (Å²) in [5, 5.41) is 33.8. The van der Waals surface area contributed by atoms with Gasteiger partial charge >= 0.3 is 17.1 Å². The van der Waals surface area contributed by atoms with Crippen LogP contribution in [0.2, 0.25) is 0 Å². The van der Waals surface area contributed by atoms with Crippen LogP contribution in [0.5, 0.6) is 17.2 Å². The number of phenols is 3. The highest BCUT2D eigenvalue weighted by Gasteiger charge is 2.31. The lowest BCUT2D eigenvalue weighted by atomic mass is 9.83. The van der Waals surface area contributed by atoms with Gasteiger partial charge in [0.15, 0.2) is 0 Å². The van der Waals surface area contributed by atoms with Crippen LogP contribution in [-0.4, -0.2) is 29.0 Å². The van der Waals surface area contributed by atoms with Gasteiger partial charge in [-0.15, -0.1) is 0 Å². The van der Waals surface area contributed by atoms with Crippen molar-refractivity contribution in [1.29, 1.82) is 0 Å². The van der Waals surface area contributed by atoms with Crippen LogP contribution in [0.15, 0.2) is 50.8 Å². The molecule has 4 aromatic rings. The molecule has 0 aliphatic carbocycles. The van der Waals surface area contributed by atoms with Crippen molar-refractivity contribution < 1.29 is 15.3 Å². The molecule has 3 aromatic carbocycles. The monoisotopic (exact) mass is 699 g/mol. The van der Waals surface area contributed by atoms with Crippen LogP contribution in [0.1, 0.15) is 151 Å². The molecule has 1 aromatic heterocycles. The van der Waals surface area contributed by atoms with Crippen molar-refractivity contribution in [1.82, 2.24) is 13.7 Å². The van der Waals surface area contributed by atoms with Crippen LogP contribution < -0.4 is 17.1 Å². The number of phenolic OH excluding ortho intramolecular Hbond substituents is 3. The predicted octanol–water partition coefficient (Wildman–Crippen LogP) is 7.93. The Kier molecular flexibility index (Phi) is 10.2. The van der Waals surface area contributed by atoms with Crippen LogP contribution in [-0.2, 0) is 16.2 Å². The van der Waals surface area contributed by atoms with Crippen molar-refractivity contribution >= 4 is 0 Å². The molecule has 51 heavy (non-hydrogen) atoms. The fourth-order valence-electron chi connectivity index (χ4n) is 7.33. The summed E-state index contributed by atoms with van der Waals surface area (Å²) >= 11 is 0. The summed E-state index contributed by atoms with van der Waals surface area (Å²) in [7, 11) is 0. The quantitative estimate of drug-likeness (QED) is 0.188. The van der Waals surface area contributed by atoms with E-state index >= 15 is 0 Å². The molecule has 0 bridgehead atoms. The Morgan fingerprint density at radius 1 is 0.431 bits per heavy atom. The molecule has 4 rings (SSSR count). The molecule has 3 unspecified atom stereocenters. The largest absolute Gasteiger partial charge is 0.507 e. The average Bonchev–Trinajstić information content (AvgIpc) is 2.98. The first kappa shape index (κ1) is 39.3. The minimum absolute atomic E-state index is 0.0883. The zero-order valence-electron chi connectivity index (χ0n) is 33.1. The van der Waals surface area contributed by atoms with Gasteiger partial charge in [-0.2, -0.15) is 0 Å². The first-order valence-corrected chi connectivity index (χ1v) is 17.7. The maximum Gasteiger partial charge on any atom is 0.337 e. The van der Waals surface area contributed by atoms with Crippen molar-refractivity contribution in [3.05, 3.63) is 118 Å². The van der Waals surface area contributed by atoms with Gasteiger partial charge in [0.05, 0.1) is 18.1 Å². The lowest BCUT2D eigenvalue weighted by Crippen LogP contribution is -2.57. The fourth-order valence-corrected chi connectivity index (χ4v) is 7.33. The summed E-state index contributed by atoms with van der Waals surface area (Å²) in [6.07, 6.45) is 0. The number of aromatic nitrogens is 3. The first-order chi connectivity index (χ1) is 23.2. The molecule has 1 heterocycles. The third kappa shape index (κ3) is 6.79. The summed E-state index contributed by atoms with van der Waals surface area (Å²) in [5.74, 6) is 0.265. The third-order valence-corrected chi connectivity index (χ3v) is 10.6. The van der Waals surface area contributed by atoms with E-state index < -0.39 is 35.2 Å². The van der Waals surface area contributed by atoms with E-state index in [0.29, 0.717) is 33.4 Å². The number of hydrogen-bond donors (Lipinski definition) is 3. The predicted molar refractivity (Wildman–Crippen MR) is 205 cm³/mol. The van der Waals surface area contributed by atoms with Crippen LogP contribution in [0, 0.1) is 20.8 Å². The van der Waals surface area contributed by atoms with Gasteiger partial charge in [-0.3, -0.25) is 0 Å². The van der Waals surface area contributed by atoms with Gasteiger partial charge in [-0.1, -0.05) is 98.7 Å². The van der Waals surface area contributed by atoms with E-state index in [1.54, 1.807) is 41.5 Å². The van der Waals surface area contributed by atoms with Gasteiger partial charge in [0.25, 0.3) is 0 Å². The standard InChI is InChI=1S/C42H57N3O6/c1-22-28(16-19-31(34(22)46)40(7,8)9)25(4)43-37(49)44(26(5)29-17-20-32(41(10,11)12)35(47)23(29)2)39(51)45(38(43)50)27(6)30-18-21-33(42(13,14)15)36(48)24(30)3/h16-21,25-27,46-48H,1-15H3. The fraction of sp³-hybridized carbons (Fsp3) is 0.500. The van der Waals surface area contributed by atoms with E-state index in [2.05, 4.69) is 0 Å². The van der Waals surface area contributed by atoms with Crippen LogP contribution in [0.4, 0.5) is 0 Å². The summed E-state index contributed by atoms with van der Waals surface area (Å²) in [6.45, 7) is 28.3. The molecular weight excluding hydrogens is 642 g/mol. The summed E-state index contributed by atoms with van der Waals surface area (Å²) in [4.78, 5) is 43.9. The van der Waals surface area contributed by atoms with Gasteiger partial charge in [-0.05, 0) is 108 Å². The molecule has 3 N–H and O–H groups in total. The molecule has 9 nitrogen and oxygen atoms in total. The van der Waals surface area contributed by atoms with E-state index in [-0.39, 0.29) is 33.5 Å². The van der Waals surface area contributed by atoms with Gasteiger partial charge in [0.2, 0.25) is 0 Å². The van der Waals surface area contributed by atoms with E-state index in [4.69, 9.17) is 0 Å². The zero-order chi connectivity index (χ0) is 38.9. The minimum atomic E-state index is -0.877. The minimum Gasteiger partial charge on any atom is -0.507 e. The molecular formula is C42H57N3O6. The van der Waals surface area contributed by atoms with Crippen molar-refractivity contribution in [2.45, 2.75) is 138 Å². The number of benzene rings is 3. The maximum atomic E-state index is 14.6. The first-order valence-electron chi connectivity index (χ1n) is 17.7. The maximum absolute atomic E-state index is 14.6. The highest BCUT2D eigenvalue weighted by Crippen LogP contribution is 2.39. The van der Waals surface area contributed by atoms with E-state index in [9.17, 15) is 29.7 Å². The third-order valence-electron chi connectivity index (χ3n) is 10.6. The number of nitrogens with zero attached hydrogens (tertiary/aromatic N) is 3. The highest BCUT2D eigenvalue weighted by atomic mass is 16.3. The Bertz CT molecular complexity index is 1910. The summed E-state index contributed by atoms with van der Waals surface area (Å²) < 4.78 is 3.22. The molecule has 0 amide bonds. The molecule has 0 saturated carbocycles. The topological polar surface area (TPSA) is 127 Å². The van der Waals surface area contributed by atoms with Gasteiger partial charge in [0, 0.05) is 0 Å². The molecule has 0 fully saturated rings. The number of rotatable bonds is 6. The SMILES string of the molecule is Cc1c(C(C)n2c(=O)n(C(C)c3ccc(C(C)(C)C)c(O)c3C)c(=O)n(C(C)c3ccc(C(C)(C)C)c(O)c3C)c2=O)ccc(C(C)(C)C)c1O. The Balaban J connectivity index is 2.10. The molecule has 0 radical (unpaired) electrons. The Labute approximate surface area is 301 Å². The number of hydrogen-bond acceptors (Lipinski definition) is 6. The Morgan fingerprint density at radius 3 is 0.804 bits per heavy atom. The molecule has 0 spiro atoms.